The zero-order valence-corrected chi connectivity index (χ0v) is 12.2. The average molecular weight is 258 g/mol. The first-order chi connectivity index (χ1) is 9.02. The summed E-state index contributed by atoms with van der Waals surface area (Å²) in [5.41, 5.74) is 4.36. The Morgan fingerprint density at radius 1 is 1.37 bits per heavy atom. The van der Waals surface area contributed by atoms with E-state index in [1.165, 1.54) is 22.2 Å². The first-order valence-electron chi connectivity index (χ1n) is 7.00. The fraction of sp³-hybridized carbons (Fsp3) is 0.500. The number of nitrogens with one attached hydrogen (secondary N) is 1. The molecule has 1 aromatic carbocycles. The van der Waals surface area contributed by atoms with Crippen molar-refractivity contribution in [1.82, 2.24) is 9.88 Å². The van der Waals surface area contributed by atoms with E-state index in [2.05, 4.69) is 49.0 Å². The quantitative estimate of drug-likeness (QED) is 0.896. The van der Waals surface area contributed by atoms with Crippen LogP contribution in [-0.2, 0) is 20.0 Å². The van der Waals surface area contributed by atoms with Crippen LogP contribution in [0.1, 0.15) is 32.0 Å². The maximum Gasteiger partial charge on any atom is 0.120 e. The lowest BCUT2D eigenvalue weighted by Crippen LogP contribution is -2.44. The van der Waals surface area contributed by atoms with Crippen molar-refractivity contribution in [3.63, 3.8) is 0 Å². The Morgan fingerprint density at radius 2 is 2.16 bits per heavy atom. The van der Waals surface area contributed by atoms with Crippen LogP contribution in [0.3, 0.4) is 0 Å². The Morgan fingerprint density at radius 3 is 2.89 bits per heavy atom. The SMILES string of the molecule is CCOc1ccc2c(c1)c1c(n2C)CC(C)(C)NC1. The molecule has 0 spiro atoms. The Bertz CT molecular complexity index is 625. The molecular weight excluding hydrogens is 236 g/mol. The predicted octanol–water partition coefficient (Wildman–Crippen LogP) is 3.00. The molecule has 2 aromatic rings. The van der Waals surface area contributed by atoms with Crippen LogP contribution in [0.15, 0.2) is 18.2 Å². The lowest BCUT2D eigenvalue weighted by molar-refractivity contribution is 0.340. The van der Waals surface area contributed by atoms with Gasteiger partial charge in [0, 0.05) is 42.1 Å². The van der Waals surface area contributed by atoms with Crippen LogP contribution in [0, 0.1) is 0 Å². The summed E-state index contributed by atoms with van der Waals surface area (Å²) in [4.78, 5) is 0. The number of hydrogen-bond acceptors (Lipinski definition) is 2. The van der Waals surface area contributed by atoms with Gasteiger partial charge in [0.2, 0.25) is 0 Å². The molecule has 0 amide bonds. The third-order valence-electron chi connectivity index (χ3n) is 4.07. The number of aromatic nitrogens is 1. The standard InChI is InChI=1S/C16H22N2O/c1-5-19-11-6-7-14-12(8-11)13-10-17-16(2,3)9-15(13)18(14)4/h6-8,17H,5,9-10H2,1-4H3. The van der Waals surface area contributed by atoms with E-state index in [-0.39, 0.29) is 5.54 Å². The smallest absolute Gasteiger partial charge is 0.120 e. The zero-order chi connectivity index (χ0) is 13.6. The Balaban J connectivity index is 2.17. The van der Waals surface area contributed by atoms with Crippen LogP contribution in [0.25, 0.3) is 10.9 Å². The van der Waals surface area contributed by atoms with E-state index in [0.29, 0.717) is 6.61 Å². The molecule has 0 saturated carbocycles. The van der Waals surface area contributed by atoms with Gasteiger partial charge in [-0.05, 0) is 44.5 Å². The molecule has 0 saturated heterocycles. The third-order valence-corrected chi connectivity index (χ3v) is 4.07. The molecular formula is C16H22N2O. The Hall–Kier alpha value is -1.48. The molecule has 0 unspecified atom stereocenters. The lowest BCUT2D eigenvalue weighted by Gasteiger charge is -2.32. The minimum absolute atomic E-state index is 0.178. The second kappa shape index (κ2) is 4.27. The number of ether oxygens (including phenoxy) is 1. The van der Waals surface area contributed by atoms with Crippen LogP contribution < -0.4 is 10.1 Å². The minimum atomic E-state index is 0.178. The molecule has 0 bridgehead atoms. The highest BCUT2D eigenvalue weighted by atomic mass is 16.5. The Labute approximate surface area is 114 Å². The Kier molecular flexibility index (Phi) is 2.82. The van der Waals surface area contributed by atoms with Crippen molar-refractivity contribution in [2.24, 2.45) is 7.05 Å². The summed E-state index contributed by atoms with van der Waals surface area (Å²) in [7, 11) is 2.17. The second-order valence-corrected chi connectivity index (χ2v) is 6.01. The van der Waals surface area contributed by atoms with Crippen molar-refractivity contribution in [3.05, 3.63) is 29.5 Å². The lowest BCUT2D eigenvalue weighted by atomic mass is 9.91. The molecule has 1 aromatic heterocycles. The van der Waals surface area contributed by atoms with Crippen LogP contribution in [-0.4, -0.2) is 16.7 Å². The van der Waals surface area contributed by atoms with Gasteiger partial charge >= 0.3 is 0 Å². The summed E-state index contributed by atoms with van der Waals surface area (Å²) < 4.78 is 7.96. The molecule has 0 atom stereocenters. The van der Waals surface area contributed by atoms with Gasteiger partial charge in [0.1, 0.15) is 5.75 Å². The summed E-state index contributed by atoms with van der Waals surface area (Å²) in [5.74, 6) is 0.966. The number of rotatable bonds is 2. The van der Waals surface area contributed by atoms with E-state index in [1.807, 2.05) is 6.92 Å². The maximum absolute atomic E-state index is 5.63. The molecule has 2 heterocycles. The van der Waals surface area contributed by atoms with Gasteiger partial charge in [-0.25, -0.2) is 0 Å². The molecule has 102 valence electrons. The molecule has 0 fully saturated rings. The maximum atomic E-state index is 5.63. The molecule has 1 N–H and O–H groups in total. The van der Waals surface area contributed by atoms with Gasteiger partial charge in [-0.3, -0.25) is 0 Å². The van der Waals surface area contributed by atoms with Crippen LogP contribution >= 0.6 is 0 Å². The van der Waals surface area contributed by atoms with Gasteiger partial charge in [-0.15, -0.1) is 0 Å². The van der Waals surface area contributed by atoms with E-state index in [4.69, 9.17) is 4.74 Å². The summed E-state index contributed by atoms with van der Waals surface area (Å²) in [6.07, 6.45) is 1.07. The van der Waals surface area contributed by atoms with Gasteiger partial charge < -0.3 is 14.6 Å². The van der Waals surface area contributed by atoms with Gasteiger partial charge in [-0.1, -0.05) is 0 Å². The summed E-state index contributed by atoms with van der Waals surface area (Å²) in [5, 5.41) is 4.94. The highest BCUT2D eigenvalue weighted by Crippen LogP contribution is 2.33. The largest absolute Gasteiger partial charge is 0.494 e. The van der Waals surface area contributed by atoms with E-state index in [9.17, 15) is 0 Å². The van der Waals surface area contributed by atoms with Crippen molar-refractivity contribution in [2.45, 2.75) is 39.3 Å². The fourth-order valence-corrected chi connectivity index (χ4v) is 3.04. The fourth-order valence-electron chi connectivity index (χ4n) is 3.04. The summed E-state index contributed by atoms with van der Waals surface area (Å²) in [6, 6.07) is 6.42. The van der Waals surface area contributed by atoms with E-state index in [1.54, 1.807) is 0 Å². The number of fused-ring (bicyclic) bond motifs is 3. The van der Waals surface area contributed by atoms with Gasteiger partial charge in [-0.2, -0.15) is 0 Å². The minimum Gasteiger partial charge on any atom is -0.494 e. The van der Waals surface area contributed by atoms with Crippen molar-refractivity contribution < 1.29 is 4.74 Å². The van der Waals surface area contributed by atoms with E-state index >= 15 is 0 Å². The van der Waals surface area contributed by atoms with Crippen LogP contribution in [0.4, 0.5) is 0 Å². The van der Waals surface area contributed by atoms with E-state index < -0.39 is 0 Å². The van der Waals surface area contributed by atoms with Crippen LogP contribution in [0.2, 0.25) is 0 Å². The molecule has 3 rings (SSSR count). The summed E-state index contributed by atoms with van der Waals surface area (Å²) >= 11 is 0. The molecule has 1 aliphatic rings. The molecule has 19 heavy (non-hydrogen) atoms. The normalized spacial score (nSPS) is 17.5. The summed E-state index contributed by atoms with van der Waals surface area (Å²) in [6.45, 7) is 8.20. The molecule has 1 aliphatic heterocycles. The molecule has 0 radical (unpaired) electrons. The third kappa shape index (κ3) is 2.02. The molecule has 0 aliphatic carbocycles. The highest BCUT2D eigenvalue weighted by molar-refractivity contribution is 5.87. The molecule has 3 heteroatoms. The number of benzene rings is 1. The van der Waals surface area contributed by atoms with Gasteiger partial charge in [0.25, 0.3) is 0 Å². The molecule has 3 nitrogen and oxygen atoms in total. The second-order valence-electron chi connectivity index (χ2n) is 6.01. The van der Waals surface area contributed by atoms with Gasteiger partial charge in [0.05, 0.1) is 6.61 Å². The van der Waals surface area contributed by atoms with Crippen molar-refractivity contribution in [1.29, 1.82) is 0 Å². The van der Waals surface area contributed by atoms with E-state index in [0.717, 1.165) is 18.7 Å². The highest BCUT2D eigenvalue weighted by Gasteiger charge is 2.28. The van der Waals surface area contributed by atoms with Crippen molar-refractivity contribution >= 4 is 10.9 Å². The number of aryl methyl sites for hydroxylation is 1. The predicted molar refractivity (Wildman–Crippen MR) is 78.7 cm³/mol. The number of hydrogen-bond donors (Lipinski definition) is 1. The topological polar surface area (TPSA) is 26.2 Å². The first-order valence-corrected chi connectivity index (χ1v) is 7.00. The zero-order valence-electron chi connectivity index (χ0n) is 12.2. The van der Waals surface area contributed by atoms with Crippen LogP contribution in [0.5, 0.6) is 5.75 Å². The number of nitrogens with zero attached hydrogens (tertiary/aromatic N) is 1. The van der Waals surface area contributed by atoms with Crippen molar-refractivity contribution in [2.75, 3.05) is 6.61 Å². The van der Waals surface area contributed by atoms with Crippen molar-refractivity contribution in [3.8, 4) is 5.75 Å². The monoisotopic (exact) mass is 258 g/mol. The first kappa shape index (κ1) is 12.5. The average Bonchev–Trinajstić information content (AvgIpc) is 2.62. The van der Waals surface area contributed by atoms with Gasteiger partial charge in [0.15, 0.2) is 0 Å².